The fourth-order valence-electron chi connectivity index (χ4n) is 1.20. The average Bonchev–Trinajstić information content (AvgIpc) is 2.30. The van der Waals surface area contributed by atoms with Gasteiger partial charge in [-0.05, 0) is 25.5 Å². The highest BCUT2D eigenvalue weighted by molar-refractivity contribution is 6.34. The first kappa shape index (κ1) is 14.1. The summed E-state index contributed by atoms with van der Waals surface area (Å²) >= 11 is 11.8. The summed E-state index contributed by atoms with van der Waals surface area (Å²) in [4.78, 5) is 11.6. The molecule has 0 heterocycles. The standard InChI is InChI=1S/C12H15Cl2NO2/c1-3-6-15-12(16)8(2)17-11-7-9(13)4-5-10(11)14/h4-5,7-8H,3,6H2,1-2H3,(H,15,16). The molecule has 1 aromatic carbocycles. The number of carbonyl (C=O) groups is 1. The lowest BCUT2D eigenvalue weighted by Gasteiger charge is -2.15. The second kappa shape index (κ2) is 6.72. The minimum Gasteiger partial charge on any atom is -0.479 e. The van der Waals surface area contributed by atoms with E-state index >= 15 is 0 Å². The van der Waals surface area contributed by atoms with E-state index in [9.17, 15) is 4.79 Å². The van der Waals surface area contributed by atoms with Gasteiger partial charge in [-0.25, -0.2) is 0 Å². The fraction of sp³-hybridized carbons (Fsp3) is 0.417. The molecule has 1 unspecified atom stereocenters. The summed E-state index contributed by atoms with van der Waals surface area (Å²) in [7, 11) is 0. The Balaban J connectivity index is 2.64. The molecule has 0 aliphatic heterocycles. The topological polar surface area (TPSA) is 38.3 Å². The smallest absolute Gasteiger partial charge is 0.260 e. The highest BCUT2D eigenvalue weighted by Gasteiger charge is 2.15. The molecule has 3 nitrogen and oxygen atoms in total. The van der Waals surface area contributed by atoms with Gasteiger partial charge in [-0.15, -0.1) is 0 Å². The summed E-state index contributed by atoms with van der Waals surface area (Å²) in [6.45, 7) is 4.29. The van der Waals surface area contributed by atoms with Crippen LogP contribution in [0.1, 0.15) is 20.3 Å². The third kappa shape index (κ3) is 4.44. The molecule has 1 N–H and O–H groups in total. The van der Waals surface area contributed by atoms with E-state index in [0.29, 0.717) is 22.3 Å². The molecule has 0 bridgehead atoms. The quantitative estimate of drug-likeness (QED) is 0.896. The second-order valence-electron chi connectivity index (χ2n) is 3.63. The Bertz CT molecular complexity index is 396. The molecule has 0 radical (unpaired) electrons. The van der Waals surface area contributed by atoms with Crippen LogP contribution in [-0.4, -0.2) is 18.6 Å². The van der Waals surface area contributed by atoms with E-state index in [1.165, 1.54) is 0 Å². The largest absolute Gasteiger partial charge is 0.479 e. The monoisotopic (exact) mass is 275 g/mol. The van der Waals surface area contributed by atoms with Crippen molar-refractivity contribution in [2.75, 3.05) is 6.54 Å². The average molecular weight is 276 g/mol. The van der Waals surface area contributed by atoms with Gasteiger partial charge in [-0.3, -0.25) is 4.79 Å². The van der Waals surface area contributed by atoms with Crippen LogP contribution < -0.4 is 10.1 Å². The predicted molar refractivity (Wildman–Crippen MR) is 69.9 cm³/mol. The van der Waals surface area contributed by atoms with Crippen molar-refractivity contribution >= 4 is 29.1 Å². The summed E-state index contributed by atoms with van der Waals surface area (Å²) in [6, 6.07) is 4.89. The molecule has 5 heteroatoms. The van der Waals surface area contributed by atoms with Gasteiger partial charge in [0, 0.05) is 17.6 Å². The number of benzene rings is 1. The Morgan fingerprint density at radius 1 is 1.47 bits per heavy atom. The lowest BCUT2D eigenvalue weighted by Crippen LogP contribution is -2.36. The van der Waals surface area contributed by atoms with Crippen molar-refractivity contribution in [1.82, 2.24) is 5.32 Å². The van der Waals surface area contributed by atoms with E-state index in [4.69, 9.17) is 27.9 Å². The number of halogens is 2. The SMILES string of the molecule is CCCNC(=O)C(C)Oc1cc(Cl)ccc1Cl. The molecule has 94 valence electrons. The minimum atomic E-state index is -0.600. The van der Waals surface area contributed by atoms with Gasteiger partial charge in [0.15, 0.2) is 6.10 Å². The Morgan fingerprint density at radius 3 is 2.82 bits per heavy atom. The first-order valence-electron chi connectivity index (χ1n) is 5.44. The van der Waals surface area contributed by atoms with Crippen LogP contribution >= 0.6 is 23.2 Å². The number of rotatable bonds is 5. The molecule has 1 aromatic rings. The van der Waals surface area contributed by atoms with E-state index in [2.05, 4.69) is 5.32 Å². The highest BCUT2D eigenvalue weighted by atomic mass is 35.5. The summed E-state index contributed by atoms with van der Waals surface area (Å²) < 4.78 is 5.46. The highest BCUT2D eigenvalue weighted by Crippen LogP contribution is 2.28. The van der Waals surface area contributed by atoms with Gasteiger partial charge in [0.1, 0.15) is 5.75 Å². The molecular weight excluding hydrogens is 261 g/mol. The number of ether oxygens (including phenoxy) is 1. The van der Waals surface area contributed by atoms with E-state index in [1.54, 1.807) is 25.1 Å². The Morgan fingerprint density at radius 2 is 2.18 bits per heavy atom. The Labute approximate surface area is 111 Å². The van der Waals surface area contributed by atoms with Crippen LogP contribution in [0.2, 0.25) is 10.0 Å². The normalized spacial score (nSPS) is 12.0. The fourth-order valence-corrected chi connectivity index (χ4v) is 1.53. The van der Waals surface area contributed by atoms with Gasteiger partial charge in [0.05, 0.1) is 5.02 Å². The molecule has 17 heavy (non-hydrogen) atoms. The predicted octanol–water partition coefficient (Wildman–Crippen LogP) is 3.29. The zero-order valence-corrected chi connectivity index (χ0v) is 11.3. The van der Waals surface area contributed by atoms with Gasteiger partial charge in [0.25, 0.3) is 5.91 Å². The molecule has 0 saturated carbocycles. The minimum absolute atomic E-state index is 0.164. The lowest BCUT2D eigenvalue weighted by molar-refractivity contribution is -0.127. The maximum atomic E-state index is 11.6. The maximum Gasteiger partial charge on any atom is 0.260 e. The molecule has 0 fully saturated rings. The molecule has 0 aliphatic rings. The third-order valence-corrected chi connectivity index (χ3v) is 2.66. The Kier molecular flexibility index (Phi) is 5.59. The van der Waals surface area contributed by atoms with Crippen LogP contribution in [0.15, 0.2) is 18.2 Å². The third-order valence-electron chi connectivity index (χ3n) is 2.12. The number of nitrogens with one attached hydrogen (secondary N) is 1. The van der Waals surface area contributed by atoms with Crippen LogP contribution in [0, 0.1) is 0 Å². The lowest BCUT2D eigenvalue weighted by atomic mass is 10.3. The van der Waals surface area contributed by atoms with Gasteiger partial charge in [-0.1, -0.05) is 30.1 Å². The maximum absolute atomic E-state index is 11.6. The zero-order chi connectivity index (χ0) is 12.8. The molecule has 0 spiro atoms. The van der Waals surface area contributed by atoms with E-state index in [-0.39, 0.29) is 5.91 Å². The summed E-state index contributed by atoms with van der Waals surface area (Å²) in [6.07, 6.45) is 0.286. The van der Waals surface area contributed by atoms with Gasteiger partial charge < -0.3 is 10.1 Å². The zero-order valence-electron chi connectivity index (χ0n) is 9.80. The van der Waals surface area contributed by atoms with Gasteiger partial charge in [-0.2, -0.15) is 0 Å². The molecular formula is C12H15Cl2NO2. The summed E-state index contributed by atoms with van der Waals surface area (Å²) in [5.74, 6) is 0.251. The van der Waals surface area contributed by atoms with Crippen LogP contribution in [-0.2, 0) is 4.79 Å². The molecule has 0 aliphatic carbocycles. The van der Waals surface area contributed by atoms with Crippen molar-refractivity contribution in [3.63, 3.8) is 0 Å². The molecule has 1 amide bonds. The van der Waals surface area contributed by atoms with Crippen molar-refractivity contribution < 1.29 is 9.53 Å². The van der Waals surface area contributed by atoms with E-state index in [0.717, 1.165) is 6.42 Å². The van der Waals surface area contributed by atoms with Crippen molar-refractivity contribution in [3.05, 3.63) is 28.2 Å². The van der Waals surface area contributed by atoms with Crippen molar-refractivity contribution in [2.24, 2.45) is 0 Å². The number of carbonyl (C=O) groups excluding carboxylic acids is 1. The molecule has 0 aromatic heterocycles. The number of amides is 1. The van der Waals surface area contributed by atoms with Gasteiger partial charge in [0.2, 0.25) is 0 Å². The van der Waals surface area contributed by atoms with Crippen LogP contribution in [0.4, 0.5) is 0 Å². The van der Waals surface area contributed by atoms with Crippen LogP contribution in [0.3, 0.4) is 0 Å². The summed E-state index contributed by atoms with van der Waals surface area (Å²) in [5.41, 5.74) is 0. The number of hydrogen-bond acceptors (Lipinski definition) is 2. The van der Waals surface area contributed by atoms with Crippen LogP contribution in [0.5, 0.6) is 5.75 Å². The van der Waals surface area contributed by atoms with Crippen molar-refractivity contribution in [2.45, 2.75) is 26.4 Å². The first-order chi connectivity index (χ1) is 8.04. The summed E-state index contributed by atoms with van der Waals surface area (Å²) in [5, 5.41) is 3.70. The Hall–Kier alpha value is -0.930. The van der Waals surface area contributed by atoms with E-state index < -0.39 is 6.10 Å². The molecule has 1 atom stereocenters. The first-order valence-corrected chi connectivity index (χ1v) is 6.19. The van der Waals surface area contributed by atoms with Crippen molar-refractivity contribution in [3.8, 4) is 5.75 Å². The molecule has 0 saturated heterocycles. The van der Waals surface area contributed by atoms with Gasteiger partial charge >= 0.3 is 0 Å². The molecule has 1 rings (SSSR count). The second-order valence-corrected chi connectivity index (χ2v) is 4.47. The number of hydrogen-bond donors (Lipinski definition) is 1. The van der Waals surface area contributed by atoms with Crippen LogP contribution in [0.25, 0.3) is 0 Å². The van der Waals surface area contributed by atoms with E-state index in [1.807, 2.05) is 6.92 Å². The van der Waals surface area contributed by atoms with Crippen molar-refractivity contribution in [1.29, 1.82) is 0 Å².